The fourth-order valence-corrected chi connectivity index (χ4v) is 3.93. The zero-order valence-electron chi connectivity index (χ0n) is 15.5. The summed E-state index contributed by atoms with van der Waals surface area (Å²) in [5.74, 6) is -0.501. The number of hydrogen-bond donors (Lipinski definition) is 1. The molecule has 2 N–H and O–H groups in total. The Morgan fingerprint density at radius 3 is 2.59 bits per heavy atom. The lowest BCUT2D eigenvalue weighted by molar-refractivity contribution is 0.100. The van der Waals surface area contributed by atoms with Gasteiger partial charge in [-0.25, -0.2) is 9.50 Å². The molecule has 0 fully saturated rings. The van der Waals surface area contributed by atoms with Crippen LogP contribution in [-0.4, -0.2) is 25.5 Å². The molecule has 0 atom stereocenters. The summed E-state index contributed by atoms with van der Waals surface area (Å²) in [6, 6.07) is 13.3. The molecule has 0 unspecified atom stereocenters. The van der Waals surface area contributed by atoms with Crippen molar-refractivity contribution in [2.45, 2.75) is 6.92 Å². The summed E-state index contributed by atoms with van der Waals surface area (Å²) in [7, 11) is 0. The van der Waals surface area contributed by atoms with Crippen LogP contribution in [0, 0.1) is 6.92 Å². The molecule has 1 amide bonds. The van der Waals surface area contributed by atoms with Crippen LogP contribution in [0.15, 0.2) is 78.0 Å². The van der Waals surface area contributed by atoms with Gasteiger partial charge in [0.1, 0.15) is 9.88 Å². The van der Waals surface area contributed by atoms with Gasteiger partial charge in [-0.2, -0.15) is 5.10 Å². The minimum Gasteiger partial charge on any atom is -0.472 e. The largest absolute Gasteiger partial charge is 0.472 e. The molecule has 144 valence electrons. The van der Waals surface area contributed by atoms with Gasteiger partial charge in [0.05, 0.1) is 35.0 Å². The van der Waals surface area contributed by atoms with E-state index in [1.165, 1.54) is 11.3 Å². The highest BCUT2D eigenvalue weighted by atomic mass is 32.1. The fourth-order valence-electron chi connectivity index (χ4n) is 2.88. The summed E-state index contributed by atoms with van der Waals surface area (Å²) >= 11 is 1.27. The Kier molecular flexibility index (Phi) is 5.17. The molecule has 7 nitrogen and oxygen atoms in total. The van der Waals surface area contributed by atoms with Crippen LogP contribution in [0.4, 0.5) is 0 Å². The van der Waals surface area contributed by atoms with Gasteiger partial charge in [-0.15, -0.1) is 11.3 Å². The number of hydrogen-bond acceptors (Lipinski definition) is 6. The van der Waals surface area contributed by atoms with Crippen LogP contribution in [0.2, 0.25) is 0 Å². The molecule has 5 aromatic rings. The summed E-state index contributed by atoms with van der Waals surface area (Å²) in [5.41, 5.74) is 9.49. The van der Waals surface area contributed by atoms with Crippen molar-refractivity contribution >= 4 is 22.8 Å². The number of rotatable bonds is 3. The molecule has 5 aromatic heterocycles. The van der Waals surface area contributed by atoms with E-state index >= 15 is 0 Å². The maximum Gasteiger partial charge on any atom is 0.261 e. The Balaban J connectivity index is 0.000000294. The van der Waals surface area contributed by atoms with Crippen molar-refractivity contribution in [3.05, 3.63) is 84.2 Å². The average molecular weight is 403 g/mol. The molecule has 0 aliphatic rings. The number of nitrogens with zero attached hydrogens (tertiary/aromatic N) is 4. The fraction of sp³-hybridized carbons (Fsp3) is 0.0476. The van der Waals surface area contributed by atoms with Crippen molar-refractivity contribution in [1.82, 2.24) is 19.6 Å². The van der Waals surface area contributed by atoms with E-state index in [9.17, 15) is 4.79 Å². The van der Waals surface area contributed by atoms with Crippen molar-refractivity contribution in [1.29, 1.82) is 0 Å². The summed E-state index contributed by atoms with van der Waals surface area (Å²) in [4.78, 5) is 20.6. The molecular formula is C21H17N5O2S. The average Bonchev–Trinajstić information content (AvgIpc) is 3.47. The number of aryl methyl sites for hydroxylation is 1. The van der Waals surface area contributed by atoms with Crippen LogP contribution in [0.25, 0.3) is 27.3 Å². The Labute approximate surface area is 170 Å². The molecule has 0 aromatic carbocycles. The number of thiazole rings is 1. The molecule has 5 rings (SSSR count). The summed E-state index contributed by atoms with van der Waals surface area (Å²) in [6.07, 6.45) is 8.47. The number of pyridine rings is 2. The van der Waals surface area contributed by atoms with Gasteiger partial charge in [0.2, 0.25) is 0 Å². The first-order valence-corrected chi connectivity index (χ1v) is 9.59. The van der Waals surface area contributed by atoms with E-state index in [2.05, 4.69) is 15.1 Å². The highest BCUT2D eigenvalue weighted by Crippen LogP contribution is 2.37. The third-order valence-corrected chi connectivity index (χ3v) is 5.23. The van der Waals surface area contributed by atoms with Crippen LogP contribution < -0.4 is 5.73 Å². The van der Waals surface area contributed by atoms with E-state index in [0.717, 1.165) is 22.3 Å². The normalized spacial score (nSPS) is 10.5. The minimum atomic E-state index is -0.501. The predicted octanol–water partition coefficient (Wildman–Crippen LogP) is 4.21. The smallest absolute Gasteiger partial charge is 0.261 e. The lowest BCUT2D eigenvalue weighted by atomic mass is 10.2. The summed E-state index contributed by atoms with van der Waals surface area (Å²) in [6.45, 7) is 1.92. The molecular weight excluding hydrogens is 386 g/mol. The number of carbonyl (C=O) groups excluding carboxylic acids is 1. The standard InChI is InChI=1S/C16H12N4O2S.C5H5N/c1-9-12(11-4-2-3-6-20(11)19-9)16-18-13(10-5-7-22-8-10)14(23-16)15(17)21;1-2-4-6-5-3-1/h2-8H,1H3,(H2,17,21);1-5H. The number of fused-ring (bicyclic) bond motifs is 1. The van der Waals surface area contributed by atoms with Crippen LogP contribution >= 0.6 is 11.3 Å². The quantitative estimate of drug-likeness (QED) is 0.486. The topological polar surface area (TPSA) is 99.3 Å². The monoisotopic (exact) mass is 403 g/mol. The van der Waals surface area contributed by atoms with E-state index < -0.39 is 5.91 Å². The van der Waals surface area contributed by atoms with Crippen molar-refractivity contribution in [2.24, 2.45) is 5.73 Å². The Morgan fingerprint density at radius 2 is 1.97 bits per heavy atom. The minimum absolute atomic E-state index is 0.413. The van der Waals surface area contributed by atoms with E-state index in [0.29, 0.717) is 15.6 Å². The van der Waals surface area contributed by atoms with Crippen LogP contribution in [0.1, 0.15) is 15.4 Å². The van der Waals surface area contributed by atoms with Crippen LogP contribution in [0.5, 0.6) is 0 Å². The van der Waals surface area contributed by atoms with E-state index in [1.54, 1.807) is 35.5 Å². The highest BCUT2D eigenvalue weighted by molar-refractivity contribution is 7.17. The first-order valence-electron chi connectivity index (χ1n) is 8.77. The van der Waals surface area contributed by atoms with E-state index in [4.69, 9.17) is 10.2 Å². The molecule has 5 heterocycles. The SMILES string of the molecule is Cc1nn2ccccc2c1-c1nc(-c2ccoc2)c(C(N)=O)s1.c1ccncc1. The maximum atomic E-state index is 11.8. The van der Waals surface area contributed by atoms with Gasteiger partial charge in [-0.1, -0.05) is 12.1 Å². The van der Waals surface area contributed by atoms with Gasteiger partial charge in [0.25, 0.3) is 5.91 Å². The molecule has 0 saturated heterocycles. The molecule has 0 radical (unpaired) electrons. The first kappa shape index (κ1) is 18.6. The van der Waals surface area contributed by atoms with E-state index in [1.807, 2.05) is 49.5 Å². The first-order chi connectivity index (χ1) is 14.1. The van der Waals surface area contributed by atoms with Crippen molar-refractivity contribution in [3.63, 3.8) is 0 Å². The van der Waals surface area contributed by atoms with Gasteiger partial charge in [-0.05, 0) is 37.3 Å². The summed E-state index contributed by atoms with van der Waals surface area (Å²) in [5, 5.41) is 5.20. The zero-order chi connectivity index (χ0) is 20.2. The van der Waals surface area contributed by atoms with Crippen molar-refractivity contribution < 1.29 is 9.21 Å². The Hall–Kier alpha value is -3.78. The number of amides is 1. The molecule has 8 heteroatoms. The number of carbonyl (C=O) groups is 1. The van der Waals surface area contributed by atoms with Gasteiger partial charge < -0.3 is 10.2 Å². The lowest BCUT2D eigenvalue weighted by Gasteiger charge is -1.95. The Bertz CT molecular complexity index is 1220. The van der Waals surface area contributed by atoms with Crippen molar-refractivity contribution in [3.8, 4) is 21.8 Å². The van der Waals surface area contributed by atoms with Gasteiger partial charge >= 0.3 is 0 Å². The Morgan fingerprint density at radius 1 is 1.14 bits per heavy atom. The summed E-state index contributed by atoms with van der Waals surface area (Å²) < 4.78 is 6.89. The maximum absolute atomic E-state index is 11.8. The number of aromatic nitrogens is 4. The molecule has 0 aliphatic heterocycles. The third-order valence-electron chi connectivity index (χ3n) is 4.14. The number of nitrogens with two attached hydrogens (primary N) is 1. The van der Waals surface area contributed by atoms with Gasteiger partial charge in [0, 0.05) is 24.2 Å². The molecule has 0 bridgehead atoms. The van der Waals surface area contributed by atoms with Gasteiger partial charge in [-0.3, -0.25) is 9.78 Å². The predicted molar refractivity (Wildman–Crippen MR) is 111 cm³/mol. The number of furan rings is 1. The second kappa shape index (κ2) is 8.07. The molecule has 29 heavy (non-hydrogen) atoms. The second-order valence-corrected chi connectivity index (χ2v) is 7.09. The van der Waals surface area contributed by atoms with E-state index in [-0.39, 0.29) is 0 Å². The van der Waals surface area contributed by atoms with Gasteiger partial charge in [0.15, 0.2) is 0 Å². The van der Waals surface area contributed by atoms with Crippen LogP contribution in [-0.2, 0) is 0 Å². The zero-order valence-corrected chi connectivity index (χ0v) is 16.3. The molecule has 0 spiro atoms. The van der Waals surface area contributed by atoms with Crippen molar-refractivity contribution in [2.75, 3.05) is 0 Å². The second-order valence-electron chi connectivity index (χ2n) is 6.09. The molecule has 0 saturated carbocycles. The number of primary amides is 1. The third kappa shape index (κ3) is 3.78. The lowest BCUT2D eigenvalue weighted by Crippen LogP contribution is -2.09. The van der Waals surface area contributed by atoms with Crippen LogP contribution in [0.3, 0.4) is 0 Å². The molecule has 0 aliphatic carbocycles. The highest BCUT2D eigenvalue weighted by Gasteiger charge is 2.22.